The Bertz CT molecular complexity index is 1490. The van der Waals surface area contributed by atoms with Crippen LogP contribution in [-0.2, 0) is 16.2 Å². The van der Waals surface area contributed by atoms with Crippen LogP contribution in [0, 0.1) is 10.1 Å². The van der Waals surface area contributed by atoms with Crippen molar-refractivity contribution in [3.63, 3.8) is 0 Å². The normalized spacial score (nSPS) is 13.9. The van der Waals surface area contributed by atoms with E-state index in [9.17, 15) is 24.5 Å². The molecule has 40 heavy (non-hydrogen) atoms. The molecule has 1 aliphatic heterocycles. The van der Waals surface area contributed by atoms with E-state index >= 15 is 0 Å². The fourth-order valence-electron chi connectivity index (χ4n) is 3.60. The lowest BCUT2D eigenvalue weighted by Gasteiger charge is -2.13. The predicted molar refractivity (Wildman–Crippen MR) is 152 cm³/mol. The van der Waals surface area contributed by atoms with E-state index < -0.39 is 28.5 Å². The summed E-state index contributed by atoms with van der Waals surface area (Å²) in [7, 11) is 2.99. The predicted octanol–water partition coefficient (Wildman–Crippen LogP) is 5.63. The van der Waals surface area contributed by atoms with Gasteiger partial charge >= 0.3 is 0 Å². The van der Waals surface area contributed by atoms with Gasteiger partial charge in [0.2, 0.25) is 5.91 Å². The molecule has 3 amide bonds. The van der Waals surface area contributed by atoms with Crippen molar-refractivity contribution in [3.8, 4) is 17.2 Å². The molecular weight excluding hydrogens is 606 g/mol. The van der Waals surface area contributed by atoms with Gasteiger partial charge in [0.05, 0.1) is 24.0 Å². The number of anilines is 1. The maximum Gasteiger partial charge on any atom is 0.294 e. The minimum absolute atomic E-state index is 0.0179. The van der Waals surface area contributed by atoms with Gasteiger partial charge in [-0.25, -0.2) is 0 Å². The monoisotopic (exact) mass is 627 g/mol. The number of imide groups is 1. The molecule has 1 N–H and O–H groups in total. The number of thioether (sulfide) groups is 1. The van der Waals surface area contributed by atoms with Gasteiger partial charge in [-0.1, -0.05) is 15.9 Å². The fourth-order valence-corrected chi connectivity index (χ4v) is 4.87. The van der Waals surface area contributed by atoms with Gasteiger partial charge in [0.15, 0.2) is 11.5 Å². The van der Waals surface area contributed by atoms with Crippen LogP contribution in [0.2, 0.25) is 0 Å². The lowest BCUT2D eigenvalue weighted by atomic mass is 10.1. The second-order valence-electron chi connectivity index (χ2n) is 8.28. The lowest BCUT2D eigenvalue weighted by Crippen LogP contribution is -2.36. The van der Waals surface area contributed by atoms with E-state index in [0.29, 0.717) is 33.0 Å². The van der Waals surface area contributed by atoms with Crippen LogP contribution in [-0.4, -0.2) is 47.6 Å². The van der Waals surface area contributed by atoms with Crippen molar-refractivity contribution in [2.24, 2.45) is 0 Å². The highest BCUT2D eigenvalue weighted by Gasteiger charge is 2.36. The van der Waals surface area contributed by atoms with Crippen molar-refractivity contribution in [2.45, 2.75) is 6.61 Å². The third-order valence-electron chi connectivity index (χ3n) is 5.66. The van der Waals surface area contributed by atoms with Crippen LogP contribution >= 0.6 is 27.7 Å². The van der Waals surface area contributed by atoms with Gasteiger partial charge in [-0.05, 0) is 77.5 Å². The van der Waals surface area contributed by atoms with E-state index in [1.807, 2.05) is 0 Å². The molecule has 1 heterocycles. The number of hydrogen-bond acceptors (Lipinski definition) is 9. The number of carbonyl (C=O) groups is 3. The molecule has 4 rings (SSSR count). The molecular formula is C27H22BrN3O8S. The molecule has 0 bridgehead atoms. The molecule has 1 aliphatic rings. The summed E-state index contributed by atoms with van der Waals surface area (Å²) >= 11 is 4.19. The number of carbonyl (C=O) groups excluding carboxylic acids is 3. The van der Waals surface area contributed by atoms with Crippen LogP contribution in [0.5, 0.6) is 17.2 Å². The Morgan fingerprint density at radius 3 is 2.38 bits per heavy atom. The second-order valence-corrected chi connectivity index (χ2v) is 10.1. The number of ether oxygens (including phenoxy) is 3. The summed E-state index contributed by atoms with van der Waals surface area (Å²) in [6.45, 7) is -0.300. The van der Waals surface area contributed by atoms with Gasteiger partial charge in [-0.2, -0.15) is 0 Å². The van der Waals surface area contributed by atoms with E-state index in [4.69, 9.17) is 14.2 Å². The number of rotatable bonds is 10. The van der Waals surface area contributed by atoms with Gasteiger partial charge in [0, 0.05) is 22.3 Å². The fraction of sp³-hybridized carbons (Fsp3) is 0.148. The Balaban J connectivity index is 1.44. The maximum absolute atomic E-state index is 13.0. The Hall–Kier alpha value is -4.36. The number of nitro benzene ring substituents is 1. The molecule has 1 saturated heterocycles. The Kier molecular flexibility index (Phi) is 9.07. The number of nitro groups is 1. The summed E-state index contributed by atoms with van der Waals surface area (Å²) in [6.07, 6.45) is 1.53. The van der Waals surface area contributed by atoms with Crippen molar-refractivity contribution in [2.75, 3.05) is 26.1 Å². The SMILES string of the molecule is COc1ccc(NC(=O)CN2C(=O)S/C(=C/c3cc(OC)c(OCc4ccc([N+](=O)[O-])cc4)cc3Br)C2=O)cc1. The summed E-state index contributed by atoms with van der Waals surface area (Å²) in [5.41, 5.74) is 1.75. The van der Waals surface area contributed by atoms with Crippen LogP contribution in [0.4, 0.5) is 16.2 Å². The topological polar surface area (TPSA) is 137 Å². The number of halogens is 1. The first-order valence-corrected chi connectivity index (χ1v) is 13.2. The van der Waals surface area contributed by atoms with Crippen LogP contribution < -0.4 is 19.5 Å². The standard InChI is InChI=1S/C27H22BrN3O8S/c1-37-20-9-5-18(6-10-20)29-25(32)14-30-26(33)24(40-27(30)34)12-17-11-22(38-2)23(13-21(17)28)39-15-16-3-7-19(8-4-16)31(35)36/h3-13H,14-15H2,1-2H3,(H,29,32)/b24-12+. The highest BCUT2D eigenvalue weighted by atomic mass is 79.9. The third-order valence-corrected chi connectivity index (χ3v) is 7.25. The summed E-state index contributed by atoms with van der Waals surface area (Å²) < 4.78 is 16.9. The van der Waals surface area contributed by atoms with Crippen molar-refractivity contribution in [1.82, 2.24) is 4.90 Å². The van der Waals surface area contributed by atoms with Crippen LogP contribution in [0.15, 0.2) is 70.0 Å². The van der Waals surface area contributed by atoms with Gasteiger partial charge in [-0.15, -0.1) is 0 Å². The van der Waals surface area contributed by atoms with Gasteiger partial charge < -0.3 is 19.5 Å². The number of non-ortho nitro benzene ring substituents is 1. The van der Waals surface area contributed by atoms with Crippen molar-refractivity contribution < 1.29 is 33.5 Å². The van der Waals surface area contributed by atoms with Crippen molar-refractivity contribution in [1.29, 1.82) is 0 Å². The molecule has 0 aliphatic carbocycles. The third kappa shape index (κ3) is 6.79. The first-order valence-electron chi connectivity index (χ1n) is 11.6. The zero-order valence-electron chi connectivity index (χ0n) is 21.2. The number of benzene rings is 3. The zero-order chi connectivity index (χ0) is 28.8. The number of nitrogens with one attached hydrogen (secondary N) is 1. The largest absolute Gasteiger partial charge is 0.497 e. The molecule has 0 aromatic heterocycles. The molecule has 206 valence electrons. The van der Waals surface area contributed by atoms with E-state index in [1.165, 1.54) is 32.4 Å². The first-order chi connectivity index (χ1) is 19.2. The number of nitrogens with zero attached hydrogens (tertiary/aromatic N) is 2. The minimum atomic E-state index is -0.593. The molecule has 3 aromatic rings. The summed E-state index contributed by atoms with van der Waals surface area (Å²) in [5.74, 6) is 0.277. The lowest BCUT2D eigenvalue weighted by molar-refractivity contribution is -0.384. The number of hydrogen-bond donors (Lipinski definition) is 1. The minimum Gasteiger partial charge on any atom is -0.497 e. The highest BCUT2D eigenvalue weighted by molar-refractivity contribution is 9.10. The first kappa shape index (κ1) is 28.6. The van der Waals surface area contributed by atoms with Gasteiger partial charge in [0.25, 0.3) is 16.8 Å². The summed E-state index contributed by atoms with van der Waals surface area (Å²) in [4.78, 5) is 49.4. The molecule has 0 unspecified atom stereocenters. The van der Waals surface area contributed by atoms with Crippen LogP contribution in [0.1, 0.15) is 11.1 Å². The van der Waals surface area contributed by atoms with E-state index in [-0.39, 0.29) is 17.2 Å². The summed E-state index contributed by atoms with van der Waals surface area (Å²) in [5, 5.41) is 12.9. The quantitative estimate of drug-likeness (QED) is 0.172. The average molecular weight is 628 g/mol. The molecule has 0 spiro atoms. The van der Waals surface area contributed by atoms with Gasteiger partial charge in [0.1, 0.15) is 18.9 Å². The van der Waals surface area contributed by atoms with Crippen molar-refractivity contribution in [3.05, 3.63) is 91.3 Å². The number of amides is 3. The molecule has 13 heteroatoms. The molecule has 0 radical (unpaired) electrons. The molecule has 11 nitrogen and oxygen atoms in total. The summed E-state index contributed by atoms with van der Waals surface area (Å²) in [6, 6.07) is 15.9. The Labute approximate surface area is 241 Å². The van der Waals surface area contributed by atoms with Crippen LogP contribution in [0.25, 0.3) is 6.08 Å². The molecule has 1 fully saturated rings. The molecule has 0 saturated carbocycles. The zero-order valence-corrected chi connectivity index (χ0v) is 23.6. The van der Waals surface area contributed by atoms with Crippen LogP contribution in [0.3, 0.4) is 0 Å². The van der Waals surface area contributed by atoms with Crippen molar-refractivity contribution >= 4 is 62.2 Å². The molecule has 3 aromatic carbocycles. The number of methoxy groups -OCH3 is 2. The highest BCUT2D eigenvalue weighted by Crippen LogP contribution is 2.38. The smallest absolute Gasteiger partial charge is 0.294 e. The maximum atomic E-state index is 13.0. The van der Waals surface area contributed by atoms with Gasteiger partial charge in [-0.3, -0.25) is 29.4 Å². The molecule has 0 atom stereocenters. The van der Waals surface area contributed by atoms with E-state index in [2.05, 4.69) is 21.2 Å². The van der Waals surface area contributed by atoms with E-state index in [0.717, 1.165) is 22.2 Å². The van der Waals surface area contributed by atoms with E-state index in [1.54, 1.807) is 48.5 Å². The average Bonchev–Trinajstić information content (AvgIpc) is 3.20. The Morgan fingerprint density at radius 1 is 1.05 bits per heavy atom. The second kappa shape index (κ2) is 12.7. The Morgan fingerprint density at radius 2 is 1.75 bits per heavy atom.